The molecule has 1 aliphatic rings. The Morgan fingerprint density at radius 3 is 2.39 bits per heavy atom. The number of amides is 2. The minimum absolute atomic E-state index is 0.139. The Morgan fingerprint density at radius 2 is 1.76 bits per heavy atom. The van der Waals surface area contributed by atoms with Crippen LogP contribution in [-0.4, -0.2) is 35.4 Å². The molecule has 1 saturated carbocycles. The van der Waals surface area contributed by atoms with Crippen LogP contribution >= 0.6 is 34.8 Å². The van der Waals surface area contributed by atoms with Crippen LogP contribution in [0, 0.1) is 6.92 Å². The molecular formula is C25H29Cl3N2O3. The standard InChI is InChI=1S/C25H29Cl3N2O3/c1-3-23(25(32)29-18-6-4-5-7-18)30(14-17-8-10-21(27)22(28)13-17)24(31)15-33-19-9-11-20(26)16(2)12-19/h8-13,18,23H,3-7,14-15H2,1-2H3,(H,29,32)/t23-/m1/s1. The lowest BCUT2D eigenvalue weighted by Gasteiger charge is -2.31. The van der Waals surface area contributed by atoms with E-state index in [0.29, 0.717) is 27.2 Å². The van der Waals surface area contributed by atoms with E-state index in [0.717, 1.165) is 36.8 Å². The Bertz CT molecular complexity index is 993. The fraction of sp³-hybridized carbons (Fsp3) is 0.440. The van der Waals surface area contributed by atoms with Gasteiger partial charge in [0.2, 0.25) is 5.91 Å². The van der Waals surface area contributed by atoms with Gasteiger partial charge in [-0.1, -0.05) is 60.6 Å². The third-order valence-electron chi connectivity index (χ3n) is 5.92. The van der Waals surface area contributed by atoms with Crippen molar-refractivity contribution in [2.24, 2.45) is 0 Å². The van der Waals surface area contributed by atoms with Crippen LogP contribution < -0.4 is 10.1 Å². The Kier molecular flexibility index (Phi) is 9.30. The molecular weight excluding hydrogens is 483 g/mol. The van der Waals surface area contributed by atoms with Crippen LogP contribution in [0.5, 0.6) is 5.75 Å². The first-order chi connectivity index (χ1) is 15.8. The van der Waals surface area contributed by atoms with E-state index >= 15 is 0 Å². The Hall–Kier alpha value is -1.95. The normalized spacial score (nSPS) is 14.7. The summed E-state index contributed by atoms with van der Waals surface area (Å²) in [6.07, 6.45) is 4.65. The van der Waals surface area contributed by atoms with Crippen LogP contribution in [0.2, 0.25) is 15.1 Å². The highest BCUT2D eigenvalue weighted by molar-refractivity contribution is 6.42. The molecule has 2 aromatic rings. The van der Waals surface area contributed by atoms with Crippen molar-refractivity contribution in [3.8, 4) is 5.75 Å². The summed E-state index contributed by atoms with van der Waals surface area (Å²) in [6, 6.07) is 9.99. The van der Waals surface area contributed by atoms with Crippen molar-refractivity contribution in [2.75, 3.05) is 6.61 Å². The van der Waals surface area contributed by atoms with Gasteiger partial charge in [0.1, 0.15) is 11.8 Å². The summed E-state index contributed by atoms with van der Waals surface area (Å²) in [6.45, 7) is 3.79. The number of ether oxygens (including phenoxy) is 1. The van der Waals surface area contributed by atoms with Gasteiger partial charge in [-0.2, -0.15) is 0 Å². The third kappa shape index (κ3) is 7.02. The quantitative estimate of drug-likeness (QED) is 0.436. The molecule has 178 valence electrons. The van der Waals surface area contributed by atoms with Gasteiger partial charge in [-0.25, -0.2) is 0 Å². The van der Waals surface area contributed by atoms with E-state index in [-0.39, 0.29) is 31.0 Å². The highest BCUT2D eigenvalue weighted by Crippen LogP contribution is 2.25. The van der Waals surface area contributed by atoms with Gasteiger partial charge < -0.3 is 15.0 Å². The zero-order chi connectivity index (χ0) is 24.0. The van der Waals surface area contributed by atoms with Gasteiger partial charge in [-0.05, 0) is 67.6 Å². The van der Waals surface area contributed by atoms with Crippen LogP contribution in [0.15, 0.2) is 36.4 Å². The largest absolute Gasteiger partial charge is 0.484 e. The van der Waals surface area contributed by atoms with Gasteiger partial charge in [-0.3, -0.25) is 9.59 Å². The van der Waals surface area contributed by atoms with Gasteiger partial charge in [0.05, 0.1) is 10.0 Å². The monoisotopic (exact) mass is 510 g/mol. The van der Waals surface area contributed by atoms with E-state index in [1.807, 2.05) is 13.8 Å². The topological polar surface area (TPSA) is 58.6 Å². The van der Waals surface area contributed by atoms with Crippen LogP contribution in [0.1, 0.15) is 50.2 Å². The van der Waals surface area contributed by atoms with Gasteiger partial charge in [0.15, 0.2) is 6.61 Å². The van der Waals surface area contributed by atoms with E-state index in [9.17, 15) is 9.59 Å². The number of nitrogens with one attached hydrogen (secondary N) is 1. The predicted molar refractivity (Wildman–Crippen MR) is 133 cm³/mol. The van der Waals surface area contributed by atoms with Crippen LogP contribution in [0.4, 0.5) is 0 Å². The molecule has 1 aliphatic carbocycles. The lowest BCUT2D eigenvalue weighted by Crippen LogP contribution is -2.52. The number of hydrogen-bond donors (Lipinski definition) is 1. The maximum atomic E-state index is 13.3. The van der Waals surface area contributed by atoms with Crippen molar-refractivity contribution in [2.45, 2.75) is 64.6 Å². The first-order valence-electron chi connectivity index (χ1n) is 11.2. The van der Waals surface area contributed by atoms with Crippen molar-refractivity contribution in [3.63, 3.8) is 0 Å². The molecule has 8 heteroatoms. The van der Waals surface area contributed by atoms with Gasteiger partial charge in [-0.15, -0.1) is 0 Å². The van der Waals surface area contributed by atoms with Crippen molar-refractivity contribution >= 4 is 46.6 Å². The van der Waals surface area contributed by atoms with Crippen molar-refractivity contribution in [1.29, 1.82) is 0 Å². The van der Waals surface area contributed by atoms with E-state index in [4.69, 9.17) is 39.5 Å². The molecule has 0 radical (unpaired) electrons. The highest BCUT2D eigenvalue weighted by atomic mass is 35.5. The summed E-state index contributed by atoms with van der Waals surface area (Å²) < 4.78 is 5.74. The van der Waals surface area contributed by atoms with Gasteiger partial charge in [0, 0.05) is 17.6 Å². The van der Waals surface area contributed by atoms with Crippen molar-refractivity contribution in [1.82, 2.24) is 10.2 Å². The minimum atomic E-state index is -0.622. The molecule has 0 aliphatic heterocycles. The second-order valence-corrected chi connectivity index (χ2v) is 9.61. The molecule has 33 heavy (non-hydrogen) atoms. The summed E-state index contributed by atoms with van der Waals surface area (Å²) in [5.74, 6) is 0.116. The zero-order valence-corrected chi connectivity index (χ0v) is 21.1. The number of benzene rings is 2. The van der Waals surface area contributed by atoms with Crippen LogP contribution in [0.3, 0.4) is 0 Å². The fourth-order valence-corrected chi connectivity index (χ4v) is 4.49. The maximum absolute atomic E-state index is 13.3. The maximum Gasteiger partial charge on any atom is 0.261 e. The second kappa shape index (κ2) is 12.0. The molecule has 1 atom stereocenters. The summed E-state index contributed by atoms with van der Waals surface area (Å²) in [5.41, 5.74) is 1.64. The summed E-state index contributed by atoms with van der Waals surface area (Å²) in [5, 5.41) is 4.59. The molecule has 2 aromatic carbocycles. The molecule has 2 amide bonds. The summed E-state index contributed by atoms with van der Waals surface area (Å²) >= 11 is 18.3. The number of carbonyl (C=O) groups excluding carboxylic acids is 2. The van der Waals surface area contributed by atoms with E-state index in [2.05, 4.69) is 5.32 Å². The third-order valence-corrected chi connectivity index (χ3v) is 7.08. The molecule has 0 unspecified atom stereocenters. The molecule has 0 spiro atoms. The Labute approximate surface area is 210 Å². The lowest BCUT2D eigenvalue weighted by atomic mass is 10.1. The van der Waals surface area contributed by atoms with Gasteiger partial charge >= 0.3 is 0 Å². The number of carbonyl (C=O) groups is 2. The molecule has 0 bridgehead atoms. The summed E-state index contributed by atoms with van der Waals surface area (Å²) in [4.78, 5) is 28.0. The highest BCUT2D eigenvalue weighted by Gasteiger charge is 2.31. The lowest BCUT2D eigenvalue weighted by molar-refractivity contribution is -0.143. The summed E-state index contributed by atoms with van der Waals surface area (Å²) in [7, 11) is 0. The molecule has 1 N–H and O–H groups in total. The number of nitrogens with zero attached hydrogens (tertiary/aromatic N) is 1. The number of rotatable bonds is 9. The van der Waals surface area contributed by atoms with Crippen LogP contribution in [0.25, 0.3) is 0 Å². The molecule has 0 saturated heterocycles. The average Bonchev–Trinajstić information content (AvgIpc) is 3.29. The molecule has 1 fully saturated rings. The predicted octanol–water partition coefficient (Wildman–Crippen LogP) is 6.20. The smallest absolute Gasteiger partial charge is 0.261 e. The van der Waals surface area contributed by atoms with Gasteiger partial charge in [0.25, 0.3) is 5.91 Å². The molecule has 0 aromatic heterocycles. The fourth-order valence-electron chi connectivity index (χ4n) is 4.06. The molecule has 5 nitrogen and oxygen atoms in total. The first-order valence-corrected chi connectivity index (χ1v) is 12.3. The second-order valence-electron chi connectivity index (χ2n) is 8.38. The van der Waals surface area contributed by atoms with E-state index in [1.165, 1.54) is 0 Å². The number of halogens is 3. The Morgan fingerprint density at radius 1 is 1.06 bits per heavy atom. The molecule has 3 rings (SSSR count). The first kappa shape index (κ1) is 25.7. The number of hydrogen-bond acceptors (Lipinski definition) is 3. The van der Waals surface area contributed by atoms with E-state index in [1.54, 1.807) is 41.3 Å². The Balaban J connectivity index is 1.78. The molecule has 0 heterocycles. The van der Waals surface area contributed by atoms with Crippen LogP contribution in [-0.2, 0) is 16.1 Å². The SMILES string of the molecule is CC[C@H](C(=O)NC1CCCC1)N(Cc1ccc(Cl)c(Cl)c1)C(=O)COc1ccc(Cl)c(C)c1. The van der Waals surface area contributed by atoms with E-state index < -0.39 is 6.04 Å². The van der Waals surface area contributed by atoms with Crippen molar-refractivity contribution < 1.29 is 14.3 Å². The number of aryl methyl sites for hydroxylation is 1. The zero-order valence-electron chi connectivity index (χ0n) is 18.9. The van der Waals surface area contributed by atoms with Crippen molar-refractivity contribution in [3.05, 3.63) is 62.6 Å². The minimum Gasteiger partial charge on any atom is -0.484 e. The average molecular weight is 512 g/mol.